The Morgan fingerprint density at radius 2 is 1.06 bits per heavy atom. The van der Waals surface area contributed by atoms with Gasteiger partial charge in [0.15, 0.2) is 0 Å². The molecule has 1 atom stereocenters. The second kappa shape index (κ2) is 24.5. The lowest BCUT2D eigenvalue weighted by molar-refractivity contribution is 0.147. The highest BCUT2D eigenvalue weighted by molar-refractivity contribution is 8.93. The van der Waals surface area contributed by atoms with Crippen molar-refractivity contribution in [1.29, 1.82) is 0 Å². The molecule has 0 aliphatic heterocycles. The van der Waals surface area contributed by atoms with E-state index in [2.05, 4.69) is 30.4 Å². The zero-order valence-corrected chi connectivity index (χ0v) is 27.8. The van der Waals surface area contributed by atoms with Crippen molar-refractivity contribution < 1.29 is 21.7 Å². The molecule has 220 valence electrons. The lowest BCUT2D eigenvalue weighted by atomic mass is 10.0. The fraction of sp³-hybridized carbons (Fsp3) is 1.00. The van der Waals surface area contributed by atoms with Crippen LogP contribution in [-0.4, -0.2) is 68.3 Å². The summed E-state index contributed by atoms with van der Waals surface area (Å²) in [4.78, 5) is 2.43. The van der Waals surface area contributed by atoms with Crippen molar-refractivity contribution >= 4 is 34.4 Å². The zero-order chi connectivity index (χ0) is 26.4. The maximum Gasteiger partial charge on any atom is 0.651 e. The van der Waals surface area contributed by atoms with Crippen LogP contribution in [0.3, 0.4) is 0 Å². The molecular weight excluding hydrogens is 560 g/mol. The zero-order valence-electron chi connectivity index (χ0n) is 24.3. The maximum absolute atomic E-state index is 12.7. The van der Waals surface area contributed by atoms with Crippen LogP contribution in [-0.2, 0) is 22.8 Å². The molecule has 0 aromatic heterocycles. The van der Waals surface area contributed by atoms with Gasteiger partial charge in [0, 0.05) is 33.9 Å². The molecular formula is C26H59BrN2O5SSi. The van der Waals surface area contributed by atoms with E-state index in [-0.39, 0.29) is 17.0 Å². The molecule has 36 heavy (non-hydrogen) atoms. The van der Waals surface area contributed by atoms with Crippen molar-refractivity contribution in [2.24, 2.45) is 0 Å². The molecule has 0 heterocycles. The maximum atomic E-state index is 12.7. The van der Waals surface area contributed by atoms with Crippen LogP contribution in [0.25, 0.3) is 0 Å². The van der Waals surface area contributed by atoms with E-state index in [1.165, 1.54) is 111 Å². The molecule has 0 radical (unpaired) electrons. The monoisotopic (exact) mass is 618 g/mol. The average molecular weight is 620 g/mol. The first-order valence-electron chi connectivity index (χ1n) is 14.3. The van der Waals surface area contributed by atoms with Gasteiger partial charge in [-0.1, -0.05) is 111 Å². The summed E-state index contributed by atoms with van der Waals surface area (Å²) >= 11 is 0. The van der Waals surface area contributed by atoms with Crippen molar-refractivity contribution in [2.75, 3.05) is 41.0 Å². The van der Waals surface area contributed by atoms with Gasteiger partial charge >= 0.3 is 7.95 Å². The minimum Gasteiger partial charge on any atom is -0.365 e. The summed E-state index contributed by atoms with van der Waals surface area (Å²) in [6.45, 7) is 8.91. The highest BCUT2D eigenvalue weighted by Gasteiger charge is 2.54. The van der Waals surface area contributed by atoms with Gasteiger partial charge in [-0.2, -0.15) is 0 Å². The quantitative estimate of drug-likeness (QED) is 0.0845. The molecule has 7 nitrogen and oxygen atoms in total. The Bertz CT molecular complexity index is 570. The van der Waals surface area contributed by atoms with Crippen LogP contribution in [0.5, 0.6) is 0 Å². The van der Waals surface area contributed by atoms with Crippen LogP contribution >= 0.6 is 17.0 Å². The molecule has 0 aliphatic carbocycles. The topological polar surface area (TPSA) is 77.1 Å². The van der Waals surface area contributed by atoms with Gasteiger partial charge < -0.3 is 18.2 Å². The number of halogens is 1. The second-order valence-corrected chi connectivity index (χ2v) is 16.2. The van der Waals surface area contributed by atoms with E-state index in [9.17, 15) is 8.42 Å². The van der Waals surface area contributed by atoms with Crippen molar-refractivity contribution in [1.82, 2.24) is 9.62 Å². The Kier molecular flexibility index (Phi) is 26.2. The van der Waals surface area contributed by atoms with Gasteiger partial charge in [-0.15, -0.1) is 17.0 Å². The number of nitrogens with one attached hydrogen (secondary N) is 1. The number of unbranched alkanes of at least 4 members (excludes halogenated alkanes) is 13. The summed E-state index contributed by atoms with van der Waals surface area (Å²) in [6, 6.07) is 0.369. The molecule has 0 aromatic rings. The van der Waals surface area contributed by atoms with E-state index in [0.29, 0.717) is 12.6 Å². The molecule has 0 aliphatic rings. The second-order valence-electron chi connectivity index (χ2n) is 9.56. The van der Waals surface area contributed by atoms with Crippen LogP contribution in [0.4, 0.5) is 0 Å². The van der Waals surface area contributed by atoms with Gasteiger partial charge in [-0.25, -0.2) is 13.1 Å². The molecule has 0 saturated heterocycles. The van der Waals surface area contributed by atoms with Crippen LogP contribution in [0.2, 0.25) is 0 Å². The van der Waals surface area contributed by atoms with Crippen LogP contribution < -0.4 is 4.72 Å². The Balaban J connectivity index is 0. The smallest absolute Gasteiger partial charge is 0.365 e. The number of nitrogens with zero attached hydrogens (tertiary/aromatic N) is 1. The first kappa shape index (κ1) is 38.6. The Morgan fingerprint density at radius 3 is 1.42 bits per heavy atom. The molecule has 0 rings (SSSR count). The predicted octanol–water partition coefficient (Wildman–Crippen LogP) is 6.83. The first-order valence-corrected chi connectivity index (χ1v) is 18.2. The lowest BCUT2D eigenvalue weighted by Crippen LogP contribution is -2.57. The van der Waals surface area contributed by atoms with E-state index in [1.807, 2.05) is 0 Å². The van der Waals surface area contributed by atoms with Crippen LogP contribution in [0.1, 0.15) is 124 Å². The predicted molar refractivity (Wildman–Crippen MR) is 160 cm³/mol. The van der Waals surface area contributed by atoms with Crippen molar-refractivity contribution in [3.05, 3.63) is 0 Å². The van der Waals surface area contributed by atoms with Gasteiger partial charge in [-0.05, 0) is 25.9 Å². The van der Waals surface area contributed by atoms with E-state index in [0.717, 1.165) is 25.9 Å². The van der Waals surface area contributed by atoms with E-state index < -0.39 is 17.4 Å². The minimum absolute atomic E-state index is 0. The minimum atomic E-state index is -3.81. The van der Waals surface area contributed by atoms with Gasteiger partial charge in [-0.3, -0.25) is 0 Å². The summed E-state index contributed by atoms with van der Waals surface area (Å²) in [7, 11) is -3.65. The van der Waals surface area contributed by atoms with E-state index in [4.69, 9.17) is 13.3 Å². The van der Waals surface area contributed by atoms with Gasteiger partial charge in [0.05, 0.1) is 0 Å². The summed E-state index contributed by atoms with van der Waals surface area (Å²) < 4.78 is 43.5. The van der Waals surface area contributed by atoms with Crippen LogP contribution in [0, 0.1) is 0 Å². The third kappa shape index (κ3) is 15.8. The van der Waals surface area contributed by atoms with Gasteiger partial charge in [0.25, 0.3) is 9.47 Å². The van der Waals surface area contributed by atoms with Crippen LogP contribution in [0.15, 0.2) is 0 Å². The largest absolute Gasteiger partial charge is 0.651 e. The van der Waals surface area contributed by atoms with Crippen molar-refractivity contribution in [2.45, 2.75) is 130 Å². The highest BCUT2D eigenvalue weighted by Crippen LogP contribution is 2.18. The normalized spacial score (nSPS) is 13.2. The number of hydrogen-bond donors (Lipinski definition) is 1. The van der Waals surface area contributed by atoms with Crippen molar-refractivity contribution in [3.8, 4) is 0 Å². The fourth-order valence-corrected chi connectivity index (χ4v) is 9.38. The Morgan fingerprint density at radius 1 is 0.667 bits per heavy atom. The number of rotatable bonds is 26. The number of hydrogen-bond acceptors (Lipinski definition) is 6. The third-order valence-corrected chi connectivity index (χ3v) is 13.7. The lowest BCUT2D eigenvalue weighted by Gasteiger charge is -2.30. The highest BCUT2D eigenvalue weighted by atomic mass is 79.9. The van der Waals surface area contributed by atoms with E-state index >= 15 is 0 Å². The summed E-state index contributed by atoms with van der Waals surface area (Å²) in [5.41, 5.74) is 0. The van der Waals surface area contributed by atoms with Crippen molar-refractivity contribution in [3.63, 3.8) is 0 Å². The van der Waals surface area contributed by atoms with Gasteiger partial charge in [0.2, 0.25) is 0 Å². The first-order chi connectivity index (χ1) is 16.9. The Labute approximate surface area is 235 Å². The molecule has 0 aromatic carbocycles. The summed E-state index contributed by atoms with van der Waals surface area (Å²) in [5.74, 6) is 0. The molecule has 0 fully saturated rings. The summed E-state index contributed by atoms with van der Waals surface area (Å²) in [6.07, 6.45) is 20.9. The molecule has 0 spiro atoms. The molecule has 1 N–H and O–H groups in total. The standard InChI is InChI=1S/C26H58N2O5SSi.BrH/c1-7-10-11-12-13-14-15-16-17-18-19-20-21-22-23-26(28(8-2)9-3)24-25-27-34(29,30)35(31-4,32-5)33-6;/h26-27H,7-25H2,1-6H3;1H. The average Bonchev–Trinajstić information content (AvgIpc) is 2.85. The fourth-order valence-electron chi connectivity index (χ4n) is 4.85. The SMILES string of the molecule is Br.CCCCCCCCCCCCCCCCC(CCNS(=O)(=O)[Si](OC)(OC)OC)N(CC)CC. The molecule has 0 amide bonds. The van der Waals surface area contributed by atoms with Gasteiger partial charge in [0.1, 0.15) is 0 Å². The van der Waals surface area contributed by atoms with E-state index in [1.54, 1.807) is 0 Å². The molecule has 1 unspecified atom stereocenters. The Hall–Kier alpha value is 0.447. The molecule has 10 heteroatoms. The molecule has 0 saturated carbocycles. The molecule has 0 bridgehead atoms. The summed E-state index contributed by atoms with van der Waals surface area (Å²) in [5, 5.41) is 0. The third-order valence-electron chi connectivity index (χ3n) is 7.07.